The Kier molecular flexibility index (Phi) is 4.85. The van der Waals surface area contributed by atoms with Gasteiger partial charge >= 0.3 is 0 Å². The maximum atomic E-state index is 9.50. The molecule has 0 fully saturated rings. The molecule has 0 N–H and O–H groups in total. The van der Waals surface area contributed by atoms with Gasteiger partial charge in [0.1, 0.15) is 0 Å². The van der Waals surface area contributed by atoms with Crippen LogP contribution in [0, 0.1) is 6.92 Å². The first-order chi connectivity index (χ1) is 4.83. The summed E-state index contributed by atoms with van der Waals surface area (Å²) in [5, 5.41) is 0. The molecular weight excluding hydrogens is 147 g/mol. The van der Waals surface area contributed by atoms with Crippen molar-refractivity contribution in [3.8, 4) is 0 Å². The highest BCUT2D eigenvalue weighted by atomic mass is 32.1. The molecule has 0 aliphatic carbocycles. The third kappa shape index (κ3) is 2.78. The summed E-state index contributed by atoms with van der Waals surface area (Å²) in [5.41, 5.74) is 0. The van der Waals surface area contributed by atoms with Crippen molar-refractivity contribution >= 4 is 17.4 Å². The van der Waals surface area contributed by atoms with Gasteiger partial charge in [-0.15, -0.1) is 11.3 Å². The SMILES string of the molecule is C=Cc1ccc(C)s1.CF. The molecule has 1 heterocycles. The van der Waals surface area contributed by atoms with Gasteiger partial charge in [-0.05, 0) is 19.1 Å². The molecule has 1 rings (SSSR count). The second-order valence-corrected chi connectivity index (χ2v) is 2.97. The quantitative estimate of drug-likeness (QED) is 0.588. The minimum atomic E-state index is 0.500. The van der Waals surface area contributed by atoms with E-state index in [0.29, 0.717) is 7.18 Å². The number of halogens is 1. The van der Waals surface area contributed by atoms with Crippen molar-refractivity contribution < 1.29 is 4.39 Å². The van der Waals surface area contributed by atoms with Crippen molar-refractivity contribution in [2.75, 3.05) is 7.18 Å². The molecule has 0 saturated carbocycles. The van der Waals surface area contributed by atoms with Gasteiger partial charge in [0.25, 0.3) is 0 Å². The topological polar surface area (TPSA) is 0 Å². The number of rotatable bonds is 1. The first kappa shape index (κ1) is 9.37. The van der Waals surface area contributed by atoms with Crippen molar-refractivity contribution in [3.63, 3.8) is 0 Å². The van der Waals surface area contributed by atoms with Crippen LogP contribution in [0.1, 0.15) is 9.75 Å². The Morgan fingerprint density at radius 2 is 2.10 bits per heavy atom. The van der Waals surface area contributed by atoms with Gasteiger partial charge in [-0.2, -0.15) is 0 Å². The Morgan fingerprint density at radius 1 is 1.50 bits per heavy atom. The van der Waals surface area contributed by atoms with Crippen molar-refractivity contribution in [2.45, 2.75) is 6.92 Å². The zero-order chi connectivity index (χ0) is 7.98. The summed E-state index contributed by atoms with van der Waals surface area (Å²) >= 11 is 1.77. The molecule has 0 amide bonds. The highest BCUT2D eigenvalue weighted by molar-refractivity contribution is 7.12. The normalized spacial score (nSPS) is 7.90. The van der Waals surface area contributed by atoms with E-state index in [4.69, 9.17) is 0 Å². The molecule has 56 valence electrons. The van der Waals surface area contributed by atoms with E-state index >= 15 is 0 Å². The molecule has 0 spiro atoms. The molecule has 0 aromatic carbocycles. The molecule has 0 saturated heterocycles. The third-order valence-corrected chi connectivity index (χ3v) is 1.96. The monoisotopic (exact) mass is 158 g/mol. The highest BCUT2D eigenvalue weighted by Crippen LogP contribution is 2.14. The van der Waals surface area contributed by atoms with Crippen LogP contribution in [0.3, 0.4) is 0 Å². The average Bonchev–Trinajstić information content (AvgIpc) is 2.40. The predicted octanol–water partition coefficient (Wildman–Crippen LogP) is 3.29. The minimum Gasteiger partial charge on any atom is -0.255 e. The lowest BCUT2D eigenvalue weighted by Gasteiger charge is -1.74. The van der Waals surface area contributed by atoms with E-state index < -0.39 is 0 Å². The van der Waals surface area contributed by atoms with Crippen LogP contribution in [0.4, 0.5) is 4.39 Å². The lowest BCUT2D eigenvalue weighted by molar-refractivity contribution is 0.636. The summed E-state index contributed by atoms with van der Waals surface area (Å²) in [5.74, 6) is 0. The standard InChI is InChI=1S/C7H8S.CH3F/c1-3-7-5-4-6(2)8-7;1-2/h3-5H,1H2,2H3;1H3. The molecule has 1 aromatic rings. The van der Waals surface area contributed by atoms with Gasteiger partial charge in [-0.1, -0.05) is 12.7 Å². The van der Waals surface area contributed by atoms with Crippen LogP contribution in [-0.2, 0) is 0 Å². The van der Waals surface area contributed by atoms with Crippen LogP contribution in [-0.4, -0.2) is 7.18 Å². The number of thiophene rings is 1. The molecule has 0 aliphatic heterocycles. The van der Waals surface area contributed by atoms with Crippen LogP contribution < -0.4 is 0 Å². The first-order valence-corrected chi connectivity index (χ1v) is 3.71. The molecule has 0 nitrogen and oxygen atoms in total. The summed E-state index contributed by atoms with van der Waals surface area (Å²) in [4.78, 5) is 2.60. The molecular formula is C8H11FS. The predicted molar refractivity (Wildman–Crippen MR) is 46.2 cm³/mol. The summed E-state index contributed by atoms with van der Waals surface area (Å²) < 4.78 is 9.50. The third-order valence-electron chi connectivity index (χ3n) is 0.962. The molecule has 2 heteroatoms. The van der Waals surface area contributed by atoms with E-state index in [2.05, 4.69) is 25.6 Å². The van der Waals surface area contributed by atoms with Crippen LogP contribution >= 0.6 is 11.3 Å². The second-order valence-electron chi connectivity index (χ2n) is 1.65. The van der Waals surface area contributed by atoms with Crippen LogP contribution in [0.5, 0.6) is 0 Å². The Morgan fingerprint density at radius 3 is 2.30 bits per heavy atom. The van der Waals surface area contributed by atoms with Gasteiger partial charge in [0.05, 0.1) is 7.18 Å². The fourth-order valence-electron chi connectivity index (χ4n) is 0.563. The second kappa shape index (κ2) is 5.18. The van der Waals surface area contributed by atoms with Crippen LogP contribution in [0.2, 0.25) is 0 Å². The fourth-order valence-corrected chi connectivity index (χ4v) is 1.29. The highest BCUT2D eigenvalue weighted by Gasteiger charge is 1.86. The molecule has 10 heavy (non-hydrogen) atoms. The van der Waals surface area contributed by atoms with Crippen molar-refractivity contribution in [1.29, 1.82) is 0 Å². The van der Waals surface area contributed by atoms with Gasteiger partial charge in [-0.3, -0.25) is 4.39 Å². The van der Waals surface area contributed by atoms with Gasteiger partial charge in [0.2, 0.25) is 0 Å². The maximum Gasteiger partial charge on any atom is 0.0785 e. The molecule has 1 aromatic heterocycles. The number of alkyl halides is 1. The van der Waals surface area contributed by atoms with E-state index in [1.165, 1.54) is 9.75 Å². The largest absolute Gasteiger partial charge is 0.255 e. The Labute approximate surface area is 65.0 Å². The van der Waals surface area contributed by atoms with Gasteiger partial charge in [0, 0.05) is 9.75 Å². The minimum absolute atomic E-state index is 0.500. The van der Waals surface area contributed by atoms with Crippen LogP contribution in [0.15, 0.2) is 18.7 Å². The van der Waals surface area contributed by atoms with E-state index in [1.54, 1.807) is 11.3 Å². The van der Waals surface area contributed by atoms with Gasteiger partial charge in [-0.25, -0.2) is 0 Å². The lowest BCUT2D eigenvalue weighted by Crippen LogP contribution is -1.46. The summed E-state index contributed by atoms with van der Waals surface area (Å²) in [6, 6.07) is 4.18. The molecule has 0 radical (unpaired) electrons. The van der Waals surface area contributed by atoms with E-state index in [0.717, 1.165) is 0 Å². The van der Waals surface area contributed by atoms with Gasteiger partial charge < -0.3 is 0 Å². The summed E-state index contributed by atoms with van der Waals surface area (Å²) in [6.07, 6.45) is 1.87. The number of hydrogen-bond donors (Lipinski definition) is 0. The maximum absolute atomic E-state index is 9.50. The van der Waals surface area contributed by atoms with E-state index in [9.17, 15) is 4.39 Å². The molecule has 0 unspecified atom stereocenters. The number of hydrogen-bond acceptors (Lipinski definition) is 1. The smallest absolute Gasteiger partial charge is 0.0785 e. The Bertz CT molecular complexity index is 191. The summed E-state index contributed by atoms with van der Waals surface area (Å²) in [7, 11) is 0.500. The molecule has 0 aliphatic rings. The summed E-state index contributed by atoms with van der Waals surface area (Å²) in [6.45, 7) is 5.75. The van der Waals surface area contributed by atoms with Crippen molar-refractivity contribution in [1.82, 2.24) is 0 Å². The fraction of sp³-hybridized carbons (Fsp3) is 0.250. The van der Waals surface area contributed by atoms with Gasteiger partial charge in [0.15, 0.2) is 0 Å². The Hall–Kier alpha value is -0.630. The van der Waals surface area contributed by atoms with Crippen LogP contribution in [0.25, 0.3) is 6.08 Å². The zero-order valence-electron chi connectivity index (χ0n) is 6.23. The number of aryl methyl sites for hydroxylation is 1. The van der Waals surface area contributed by atoms with E-state index in [-0.39, 0.29) is 0 Å². The zero-order valence-corrected chi connectivity index (χ0v) is 7.04. The Balaban J connectivity index is 0.000000371. The first-order valence-electron chi connectivity index (χ1n) is 2.89. The van der Waals surface area contributed by atoms with Crippen molar-refractivity contribution in [3.05, 3.63) is 28.5 Å². The molecule has 0 atom stereocenters. The van der Waals surface area contributed by atoms with E-state index in [1.807, 2.05) is 6.08 Å². The van der Waals surface area contributed by atoms with Crippen molar-refractivity contribution in [2.24, 2.45) is 0 Å². The lowest BCUT2D eigenvalue weighted by atomic mass is 10.4. The average molecular weight is 158 g/mol. The molecule has 0 bridgehead atoms.